The summed E-state index contributed by atoms with van der Waals surface area (Å²) >= 11 is 2.07. The average Bonchev–Trinajstić information content (AvgIpc) is 2.34. The zero-order valence-electron chi connectivity index (χ0n) is 11.5. The van der Waals surface area contributed by atoms with E-state index in [-0.39, 0.29) is 0 Å². The first-order valence-electron chi connectivity index (χ1n) is 7.13. The second kappa shape index (κ2) is 9.23. The van der Waals surface area contributed by atoms with Crippen LogP contribution in [0.3, 0.4) is 0 Å². The molecule has 0 radical (unpaired) electrons. The molecule has 1 aliphatic rings. The van der Waals surface area contributed by atoms with E-state index in [4.69, 9.17) is 0 Å². The molecule has 0 aromatic heterocycles. The third-order valence-electron chi connectivity index (χ3n) is 3.60. The normalized spacial score (nSPS) is 19.8. The molecule has 0 unspecified atom stereocenters. The Morgan fingerprint density at radius 3 is 2.41 bits per heavy atom. The molecule has 0 spiro atoms. The number of thioether (sulfide) groups is 1. The molecule has 1 atom stereocenters. The Hall–Kier alpha value is 0.270. The quantitative estimate of drug-likeness (QED) is 0.725. The van der Waals surface area contributed by atoms with Gasteiger partial charge in [-0.3, -0.25) is 0 Å². The molecule has 3 heteroatoms. The van der Waals surface area contributed by atoms with E-state index in [0.717, 1.165) is 5.92 Å². The summed E-state index contributed by atoms with van der Waals surface area (Å²) in [5.41, 5.74) is 0. The van der Waals surface area contributed by atoms with Crippen LogP contribution in [0, 0.1) is 11.8 Å². The van der Waals surface area contributed by atoms with Crippen molar-refractivity contribution in [2.45, 2.75) is 39.5 Å². The summed E-state index contributed by atoms with van der Waals surface area (Å²) < 4.78 is 0. The maximum absolute atomic E-state index is 9.36. The Kier molecular flexibility index (Phi) is 8.33. The lowest BCUT2D eigenvalue weighted by Crippen LogP contribution is -2.33. The van der Waals surface area contributed by atoms with Gasteiger partial charge in [-0.05, 0) is 37.6 Å². The third kappa shape index (κ3) is 7.32. The van der Waals surface area contributed by atoms with E-state index in [2.05, 4.69) is 30.5 Å². The summed E-state index contributed by atoms with van der Waals surface area (Å²) in [6.45, 7) is 8.67. The van der Waals surface area contributed by atoms with Crippen molar-refractivity contribution in [3.63, 3.8) is 0 Å². The van der Waals surface area contributed by atoms with E-state index >= 15 is 0 Å². The van der Waals surface area contributed by atoms with Gasteiger partial charge in [-0.25, -0.2) is 0 Å². The second-order valence-corrected chi connectivity index (χ2v) is 6.84. The highest BCUT2D eigenvalue weighted by molar-refractivity contribution is 7.99. The van der Waals surface area contributed by atoms with Crippen LogP contribution in [0.5, 0.6) is 0 Å². The van der Waals surface area contributed by atoms with E-state index in [9.17, 15) is 5.11 Å². The van der Waals surface area contributed by atoms with Crippen LogP contribution in [0.15, 0.2) is 0 Å². The van der Waals surface area contributed by atoms with E-state index < -0.39 is 0 Å². The Labute approximate surface area is 111 Å². The first kappa shape index (κ1) is 15.3. The Morgan fingerprint density at radius 1 is 1.12 bits per heavy atom. The summed E-state index contributed by atoms with van der Waals surface area (Å²) in [7, 11) is 0. The molecule has 1 aliphatic heterocycles. The SMILES string of the molecule is CC(C)CC[C@H](CO)CCCN1CCSCC1. The highest BCUT2D eigenvalue weighted by atomic mass is 32.2. The van der Waals surface area contributed by atoms with Gasteiger partial charge < -0.3 is 10.0 Å². The van der Waals surface area contributed by atoms with Crippen molar-refractivity contribution in [1.82, 2.24) is 4.90 Å². The van der Waals surface area contributed by atoms with E-state index in [0.29, 0.717) is 12.5 Å². The van der Waals surface area contributed by atoms with Crippen molar-refractivity contribution < 1.29 is 5.11 Å². The number of hydrogen-bond donors (Lipinski definition) is 1. The molecule has 1 N–H and O–H groups in total. The maximum Gasteiger partial charge on any atom is 0.0459 e. The summed E-state index contributed by atoms with van der Waals surface area (Å²) in [6, 6.07) is 0. The Bertz CT molecular complexity index is 181. The fraction of sp³-hybridized carbons (Fsp3) is 1.00. The number of nitrogens with zero attached hydrogens (tertiary/aromatic N) is 1. The minimum absolute atomic E-state index is 0.378. The third-order valence-corrected chi connectivity index (χ3v) is 4.54. The standard InChI is InChI=1S/C14H29NOS/c1-13(2)5-6-14(12-16)4-3-7-15-8-10-17-11-9-15/h13-14,16H,3-12H2,1-2H3/t14-/m1/s1. The molecule has 1 fully saturated rings. The number of aliphatic hydroxyl groups excluding tert-OH is 1. The van der Waals surface area contributed by atoms with Gasteiger partial charge in [0.2, 0.25) is 0 Å². The predicted octanol–water partition coefficient (Wildman–Crippen LogP) is 2.86. The van der Waals surface area contributed by atoms with Crippen molar-refractivity contribution in [2.24, 2.45) is 11.8 Å². The summed E-state index contributed by atoms with van der Waals surface area (Å²) in [5.74, 6) is 3.91. The first-order valence-corrected chi connectivity index (χ1v) is 8.28. The smallest absolute Gasteiger partial charge is 0.0459 e. The average molecular weight is 259 g/mol. The highest BCUT2D eigenvalue weighted by Crippen LogP contribution is 2.17. The van der Waals surface area contributed by atoms with Crippen LogP contribution in [0.4, 0.5) is 0 Å². The van der Waals surface area contributed by atoms with E-state index in [1.165, 1.54) is 56.8 Å². The lowest BCUT2D eigenvalue weighted by molar-refractivity contribution is 0.193. The van der Waals surface area contributed by atoms with Crippen molar-refractivity contribution in [3.05, 3.63) is 0 Å². The first-order chi connectivity index (χ1) is 8.22. The van der Waals surface area contributed by atoms with Crippen molar-refractivity contribution in [3.8, 4) is 0 Å². The molecule has 0 aromatic rings. The van der Waals surface area contributed by atoms with Crippen LogP contribution < -0.4 is 0 Å². The Balaban J connectivity index is 2.05. The number of aliphatic hydroxyl groups is 1. The van der Waals surface area contributed by atoms with Gasteiger partial charge in [0.15, 0.2) is 0 Å². The summed E-state index contributed by atoms with van der Waals surface area (Å²) in [4.78, 5) is 2.58. The number of hydrogen-bond acceptors (Lipinski definition) is 3. The molecular weight excluding hydrogens is 230 g/mol. The summed E-state index contributed by atoms with van der Waals surface area (Å²) in [5, 5.41) is 9.36. The Morgan fingerprint density at radius 2 is 1.82 bits per heavy atom. The van der Waals surface area contributed by atoms with Crippen LogP contribution in [-0.2, 0) is 0 Å². The van der Waals surface area contributed by atoms with Crippen LogP contribution in [0.25, 0.3) is 0 Å². The highest BCUT2D eigenvalue weighted by Gasteiger charge is 2.12. The molecule has 17 heavy (non-hydrogen) atoms. The van der Waals surface area contributed by atoms with Gasteiger partial charge in [0.05, 0.1) is 0 Å². The van der Waals surface area contributed by atoms with Crippen LogP contribution in [0.2, 0.25) is 0 Å². The monoisotopic (exact) mass is 259 g/mol. The molecule has 1 rings (SSSR count). The second-order valence-electron chi connectivity index (χ2n) is 5.62. The minimum atomic E-state index is 0.378. The molecule has 0 amide bonds. The summed E-state index contributed by atoms with van der Waals surface area (Å²) in [6.07, 6.45) is 4.91. The van der Waals surface area contributed by atoms with Crippen molar-refractivity contribution in [2.75, 3.05) is 37.7 Å². The maximum atomic E-state index is 9.36. The molecular formula is C14H29NOS. The van der Waals surface area contributed by atoms with Gasteiger partial charge in [-0.1, -0.05) is 20.3 Å². The zero-order chi connectivity index (χ0) is 12.5. The van der Waals surface area contributed by atoms with Gasteiger partial charge in [0.25, 0.3) is 0 Å². The number of rotatable bonds is 8. The fourth-order valence-corrected chi connectivity index (χ4v) is 3.30. The lowest BCUT2D eigenvalue weighted by atomic mass is 9.94. The van der Waals surface area contributed by atoms with Crippen LogP contribution in [0.1, 0.15) is 39.5 Å². The van der Waals surface area contributed by atoms with E-state index in [1.807, 2.05) is 0 Å². The largest absolute Gasteiger partial charge is 0.396 e. The zero-order valence-corrected chi connectivity index (χ0v) is 12.3. The van der Waals surface area contributed by atoms with Gasteiger partial charge >= 0.3 is 0 Å². The van der Waals surface area contributed by atoms with Gasteiger partial charge in [0, 0.05) is 31.2 Å². The molecule has 0 bridgehead atoms. The van der Waals surface area contributed by atoms with Crippen molar-refractivity contribution in [1.29, 1.82) is 0 Å². The van der Waals surface area contributed by atoms with Gasteiger partial charge in [-0.15, -0.1) is 0 Å². The fourth-order valence-electron chi connectivity index (χ4n) is 2.32. The lowest BCUT2D eigenvalue weighted by Gasteiger charge is -2.26. The molecule has 0 aromatic carbocycles. The molecule has 1 saturated heterocycles. The van der Waals surface area contributed by atoms with Crippen LogP contribution >= 0.6 is 11.8 Å². The van der Waals surface area contributed by atoms with Crippen LogP contribution in [-0.4, -0.2) is 47.8 Å². The molecule has 1 heterocycles. The molecule has 0 saturated carbocycles. The van der Waals surface area contributed by atoms with E-state index in [1.54, 1.807) is 0 Å². The molecule has 102 valence electrons. The predicted molar refractivity (Wildman–Crippen MR) is 77.6 cm³/mol. The topological polar surface area (TPSA) is 23.5 Å². The van der Waals surface area contributed by atoms with Gasteiger partial charge in [0.1, 0.15) is 0 Å². The minimum Gasteiger partial charge on any atom is -0.396 e. The van der Waals surface area contributed by atoms with Crippen molar-refractivity contribution >= 4 is 11.8 Å². The molecule has 0 aliphatic carbocycles. The van der Waals surface area contributed by atoms with Gasteiger partial charge in [-0.2, -0.15) is 11.8 Å². The molecule has 2 nitrogen and oxygen atoms in total.